The van der Waals surface area contributed by atoms with Gasteiger partial charge in [0.15, 0.2) is 0 Å². The topological polar surface area (TPSA) is 97.4 Å². The van der Waals surface area contributed by atoms with Crippen LogP contribution in [0.25, 0.3) is 0 Å². The summed E-state index contributed by atoms with van der Waals surface area (Å²) in [6, 6.07) is 4.91. The molecule has 0 saturated carbocycles. The molecule has 0 saturated heterocycles. The molecule has 2 N–H and O–H groups in total. The zero-order valence-electron chi connectivity index (χ0n) is 11.1. The highest BCUT2D eigenvalue weighted by Gasteiger charge is 2.22. The largest absolute Gasteiger partial charge is 0.472 e. The molecule has 0 aliphatic carbocycles. The second-order valence-corrected chi connectivity index (χ2v) is 4.82. The van der Waals surface area contributed by atoms with E-state index in [-0.39, 0.29) is 11.6 Å². The van der Waals surface area contributed by atoms with Gasteiger partial charge in [-0.05, 0) is 24.1 Å². The lowest BCUT2D eigenvalue weighted by atomic mass is 10.0. The summed E-state index contributed by atoms with van der Waals surface area (Å²) in [6.45, 7) is 0.407. The lowest BCUT2D eigenvalue weighted by Gasteiger charge is -2.18. The Hall–Kier alpha value is -2.83. The maximum absolute atomic E-state index is 11.4. The van der Waals surface area contributed by atoms with Crippen molar-refractivity contribution in [3.05, 3.63) is 52.0 Å². The van der Waals surface area contributed by atoms with E-state index < -0.39 is 4.92 Å². The minimum Gasteiger partial charge on any atom is -0.472 e. The Morgan fingerprint density at radius 1 is 1.38 bits per heavy atom. The SMILES string of the molecule is O=C1CCc2cc([N+](=O)[O-])c(NCc3ccoc3)cc2N1. The zero-order valence-corrected chi connectivity index (χ0v) is 11.1. The standard InChI is InChI=1S/C14H13N3O4/c18-14-2-1-10-5-13(17(19)20)12(6-11(10)16-14)15-7-9-3-4-21-8-9/h3-6,8,15H,1-2,7H2,(H,16,18). The molecule has 0 atom stereocenters. The number of nitro groups is 1. The van der Waals surface area contributed by atoms with Crippen LogP contribution in [0.1, 0.15) is 17.5 Å². The van der Waals surface area contributed by atoms with Gasteiger partial charge in [-0.25, -0.2) is 0 Å². The first-order valence-electron chi connectivity index (χ1n) is 6.49. The Kier molecular flexibility index (Phi) is 3.31. The molecule has 0 unspecified atom stereocenters. The van der Waals surface area contributed by atoms with E-state index in [4.69, 9.17) is 4.42 Å². The number of rotatable bonds is 4. The van der Waals surface area contributed by atoms with E-state index in [0.29, 0.717) is 30.8 Å². The van der Waals surface area contributed by atoms with E-state index in [1.54, 1.807) is 24.7 Å². The fraction of sp³-hybridized carbons (Fsp3) is 0.214. The predicted molar refractivity (Wildman–Crippen MR) is 76.1 cm³/mol. The van der Waals surface area contributed by atoms with Gasteiger partial charge in [-0.15, -0.1) is 0 Å². The number of carbonyl (C=O) groups is 1. The number of fused-ring (bicyclic) bond motifs is 1. The first-order chi connectivity index (χ1) is 10.1. The number of nitrogens with one attached hydrogen (secondary N) is 2. The highest BCUT2D eigenvalue weighted by molar-refractivity contribution is 5.95. The molecule has 1 aliphatic heterocycles. The van der Waals surface area contributed by atoms with Crippen LogP contribution in [0.3, 0.4) is 0 Å². The molecule has 1 aromatic carbocycles. The maximum atomic E-state index is 11.4. The van der Waals surface area contributed by atoms with Gasteiger partial charge >= 0.3 is 0 Å². The van der Waals surface area contributed by atoms with Crippen LogP contribution in [0.5, 0.6) is 0 Å². The third-order valence-electron chi connectivity index (χ3n) is 3.38. The molecule has 1 aliphatic rings. The third-order valence-corrected chi connectivity index (χ3v) is 3.38. The van der Waals surface area contributed by atoms with Crippen LogP contribution in [-0.2, 0) is 17.8 Å². The van der Waals surface area contributed by atoms with E-state index in [2.05, 4.69) is 10.6 Å². The molecule has 3 rings (SSSR count). The number of furan rings is 1. The quantitative estimate of drug-likeness (QED) is 0.665. The summed E-state index contributed by atoms with van der Waals surface area (Å²) in [6.07, 6.45) is 3.98. The van der Waals surface area contributed by atoms with Crippen LogP contribution >= 0.6 is 0 Å². The summed E-state index contributed by atoms with van der Waals surface area (Å²) in [7, 11) is 0. The monoisotopic (exact) mass is 287 g/mol. The van der Waals surface area contributed by atoms with Crippen LogP contribution in [0, 0.1) is 10.1 Å². The van der Waals surface area contributed by atoms with E-state index in [1.807, 2.05) is 0 Å². The van der Waals surface area contributed by atoms with Crippen LogP contribution < -0.4 is 10.6 Å². The van der Waals surface area contributed by atoms with E-state index in [0.717, 1.165) is 11.1 Å². The van der Waals surface area contributed by atoms with Crippen molar-refractivity contribution in [3.63, 3.8) is 0 Å². The van der Waals surface area contributed by atoms with Crippen LogP contribution in [0.4, 0.5) is 17.1 Å². The van der Waals surface area contributed by atoms with Gasteiger partial charge in [0.25, 0.3) is 5.69 Å². The maximum Gasteiger partial charge on any atom is 0.292 e. The van der Waals surface area contributed by atoms with Gasteiger partial charge in [0.1, 0.15) is 5.69 Å². The lowest BCUT2D eigenvalue weighted by molar-refractivity contribution is -0.384. The number of nitrogens with zero attached hydrogens (tertiary/aromatic N) is 1. The molecule has 108 valence electrons. The number of amides is 1. The van der Waals surface area contributed by atoms with Gasteiger partial charge < -0.3 is 15.1 Å². The molecule has 1 aromatic heterocycles. The molecule has 1 amide bonds. The van der Waals surface area contributed by atoms with Gasteiger partial charge in [0.05, 0.1) is 17.4 Å². The average molecular weight is 287 g/mol. The molecule has 0 fully saturated rings. The molecule has 21 heavy (non-hydrogen) atoms. The molecular weight excluding hydrogens is 274 g/mol. The van der Waals surface area contributed by atoms with Gasteiger partial charge in [-0.3, -0.25) is 14.9 Å². The summed E-state index contributed by atoms with van der Waals surface area (Å²) in [4.78, 5) is 22.2. The number of hydrogen-bond donors (Lipinski definition) is 2. The molecule has 7 nitrogen and oxygen atoms in total. The summed E-state index contributed by atoms with van der Waals surface area (Å²) in [5, 5.41) is 16.9. The summed E-state index contributed by atoms with van der Waals surface area (Å²) >= 11 is 0. The predicted octanol–water partition coefficient (Wildman–Crippen LogP) is 2.68. The summed E-state index contributed by atoms with van der Waals surface area (Å²) in [5.74, 6) is -0.0721. The molecule has 0 bridgehead atoms. The minimum atomic E-state index is -0.422. The minimum absolute atomic E-state index is 0.00777. The van der Waals surface area contributed by atoms with Gasteiger partial charge in [0, 0.05) is 30.3 Å². The summed E-state index contributed by atoms with van der Waals surface area (Å²) in [5.41, 5.74) is 2.68. The van der Waals surface area contributed by atoms with Crippen molar-refractivity contribution < 1.29 is 14.1 Å². The Morgan fingerprint density at radius 3 is 2.95 bits per heavy atom. The zero-order chi connectivity index (χ0) is 14.8. The Balaban J connectivity index is 1.91. The van der Waals surface area contributed by atoms with Gasteiger partial charge in [-0.2, -0.15) is 0 Å². The van der Waals surface area contributed by atoms with Crippen LogP contribution in [0.15, 0.2) is 35.1 Å². The fourth-order valence-electron chi connectivity index (χ4n) is 2.30. The van der Waals surface area contributed by atoms with E-state index >= 15 is 0 Å². The van der Waals surface area contributed by atoms with Crippen molar-refractivity contribution in [2.24, 2.45) is 0 Å². The number of hydrogen-bond acceptors (Lipinski definition) is 5. The number of nitro benzene ring substituents is 1. The molecule has 7 heteroatoms. The number of benzene rings is 1. The number of aryl methyl sites for hydroxylation is 1. The molecule has 2 aromatic rings. The van der Waals surface area contributed by atoms with Crippen molar-refractivity contribution in [1.29, 1.82) is 0 Å². The molecule has 2 heterocycles. The first-order valence-corrected chi connectivity index (χ1v) is 6.49. The van der Waals surface area contributed by atoms with Crippen molar-refractivity contribution in [1.82, 2.24) is 0 Å². The van der Waals surface area contributed by atoms with Crippen molar-refractivity contribution in [2.45, 2.75) is 19.4 Å². The number of carbonyl (C=O) groups excluding carboxylic acids is 1. The lowest BCUT2D eigenvalue weighted by Crippen LogP contribution is -2.19. The van der Waals surface area contributed by atoms with Crippen molar-refractivity contribution in [3.8, 4) is 0 Å². The Morgan fingerprint density at radius 2 is 2.24 bits per heavy atom. The smallest absolute Gasteiger partial charge is 0.292 e. The van der Waals surface area contributed by atoms with E-state index in [9.17, 15) is 14.9 Å². The fourth-order valence-corrected chi connectivity index (χ4v) is 2.30. The Labute approximate surface area is 120 Å². The normalized spacial score (nSPS) is 13.4. The van der Waals surface area contributed by atoms with Crippen LogP contribution in [0.2, 0.25) is 0 Å². The van der Waals surface area contributed by atoms with Crippen molar-refractivity contribution >= 4 is 23.0 Å². The van der Waals surface area contributed by atoms with Gasteiger partial charge in [0.2, 0.25) is 5.91 Å². The second-order valence-electron chi connectivity index (χ2n) is 4.82. The molecule has 0 spiro atoms. The van der Waals surface area contributed by atoms with E-state index in [1.165, 1.54) is 6.07 Å². The second kappa shape index (κ2) is 5.28. The highest BCUT2D eigenvalue weighted by atomic mass is 16.6. The Bertz CT molecular complexity index is 694. The third kappa shape index (κ3) is 2.71. The first kappa shape index (κ1) is 13.2. The molecule has 0 radical (unpaired) electrons. The summed E-state index contributed by atoms with van der Waals surface area (Å²) < 4.78 is 4.95. The average Bonchev–Trinajstić information content (AvgIpc) is 2.97. The van der Waals surface area contributed by atoms with Crippen LogP contribution in [-0.4, -0.2) is 10.8 Å². The number of anilines is 2. The van der Waals surface area contributed by atoms with Crippen molar-refractivity contribution in [2.75, 3.05) is 10.6 Å². The van der Waals surface area contributed by atoms with Gasteiger partial charge in [-0.1, -0.05) is 0 Å². The highest BCUT2D eigenvalue weighted by Crippen LogP contribution is 2.34. The molecular formula is C14H13N3O4.